The highest BCUT2D eigenvalue weighted by Crippen LogP contribution is 2.26. The Morgan fingerprint density at radius 2 is 1.56 bits per heavy atom. The summed E-state index contributed by atoms with van der Waals surface area (Å²) < 4.78 is 0. The monoisotopic (exact) mass is 223 g/mol. The molecule has 0 aliphatic carbocycles. The highest BCUT2D eigenvalue weighted by Gasteiger charge is 2.16. The minimum Gasteiger partial charge on any atom is -0.0825 e. The van der Waals surface area contributed by atoms with Crippen molar-refractivity contribution in [1.82, 2.24) is 0 Å². The van der Waals surface area contributed by atoms with Gasteiger partial charge in [0.1, 0.15) is 0 Å². The molecule has 0 saturated heterocycles. The SMILES string of the molecule is CCCC([CH]C(C)C(C)CCC)C=C(C)C. The Labute approximate surface area is 104 Å². The lowest BCUT2D eigenvalue weighted by Gasteiger charge is -2.23. The smallest absolute Gasteiger partial charge is 0.0197 e. The molecule has 95 valence electrons. The van der Waals surface area contributed by atoms with Crippen molar-refractivity contribution in [2.24, 2.45) is 17.8 Å². The summed E-state index contributed by atoms with van der Waals surface area (Å²) >= 11 is 0. The van der Waals surface area contributed by atoms with Crippen LogP contribution in [0.25, 0.3) is 0 Å². The fraction of sp³-hybridized carbons (Fsp3) is 0.812. The molecule has 1 radical (unpaired) electrons. The van der Waals surface area contributed by atoms with Gasteiger partial charge in [-0.2, -0.15) is 0 Å². The van der Waals surface area contributed by atoms with E-state index in [9.17, 15) is 0 Å². The van der Waals surface area contributed by atoms with Crippen molar-refractivity contribution in [3.63, 3.8) is 0 Å². The summed E-state index contributed by atoms with van der Waals surface area (Å²) in [5.74, 6) is 2.26. The minimum absolute atomic E-state index is 0.685. The van der Waals surface area contributed by atoms with Gasteiger partial charge in [-0.05, 0) is 44.4 Å². The maximum absolute atomic E-state index is 2.57. The third kappa shape index (κ3) is 7.09. The van der Waals surface area contributed by atoms with E-state index in [1.807, 2.05) is 0 Å². The van der Waals surface area contributed by atoms with E-state index in [0.717, 1.165) is 11.8 Å². The van der Waals surface area contributed by atoms with E-state index < -0.39 is 0 Å². The summed E-state index contributed by atoms with van der Waals surface area (Å²) in [7, 11) is 0. The van der Waals surface area contributed by atoms with Crippen molar-refractivity contribution in [1.29, 1.82) is 0 Å². The van der Waals surface area contributed by atoms with E-state index in [4.69, 9.17) is 0 Å². The molecule has 0 heteroatoms. The minimum atomic E-state index is 0.685. The zero-order valence-corrected chi connectivity index (χ0v) is 12.2. The maximum Gasteiger partial charge on any atom is -0.0197 e. The molecule has 0 aromatic rings. The van der Waals surface area contributed by atoms with Crippen LogP contribution in [-0.4, -0.2) is 0 Å². The standard InChI is InChI=1S/C16H31/c1-7-9-14(5)15(6)12-16(10-8-2)11-13(3)4/h11-12,14-16H,7-10H2,1-6H3. The van der Waals surface area contributed by atoms with E-state index >= 15 is 0 Å². The summed E-state index contributed by atoms with van der Waals surface area (Å²) in [5.41, 5.74) is 1.45. The number of hydrogen-bond acceptors (Lipinski definition) is 0. The first kappa shape index (κ1) is 15.7. The van der Waals surface area contributed by atoms with Gasteiger partial charge in [0.15, 0.2) is 0 Å². The summed E-state index contributed by atoms with van der Waals surface area (Å²) in [4.78, 5) is 0. The van der Waals surface area contributed by atoms with E-state index in [0.29, 0.717) is 5.92 Å². The first-order chi connectivity index (χ1) is 7.51. The summed E-state index contributed by atoms with van der Waals surface area (Å²) in [6.07, 6.45) is 10.2. The molecule has 0 aliphatic rings. The van der Waals surface area contributed by atoms with Crippen LogP contribution in [0.5, 0.6) is 0 Å². The van der Waals surface area contributed by atoms with Crippen LogP contribution in [0.15, 0.2) is 11.6 Å². The van der Waals surface area contributed by atoms with Crippen LogP contribution < -0.4 is 0 Å². The summed E-state index contributed by atoms with van der Waals surface area (Å²) in [6, 6.07) is 0. The van der Waals surface area contributed by atoms with Gasteiger partial charge in [-0.3, -0.25) is 0 Å². The van der Waals surface area contributed by atoms with Gasteiger partial charge in [-0.1, -0.05) is 58.6 Å². The molecule has 0 saturated carbocycles. The first-order valence-electron chi connectivity index (χ1n) is 7.01. The Morgan fingerprint density at radius 1 is 1.00 bits per heavy atom. The van der Waals surface area contributed by atoms with Crippen LogP contribution >= 0.6 is 0 Å². The lowest BCUT2D eigenvalue weighted by Crippen LogP contribution is -2.13. The Kier molecular flexibility index (Phi) is 8.70. The largest absolute Gasteiger partial charge is 0.0825 e. The molecule has 0 amide bonds. The van der Waals surface area contributed by atoms with E-state index in [1.54, 1.807) is 0 Å². The predicted molar refractivity (Wildman–Crippen MR) is 75.4 cm³/mol. The Bertz CT molecular complexity index is 186. The summed E-state index contributed by atoms with van der Waals surface area (Å²) in [6.45, 7) is 13.7. The van der Waals surface area contributed by atoms with Crippen LogP contribution in [0.4, 0.5) is 0 Å². The molecule has 0 rings (SSSR count). The van der Waals surface area contributed by atoms with Crippen molar-refractivity contribution >= 4 is 0 Å². The molecule has 3 unspecified atom stereocenters. The van der Waals surface area contributed by atoms with E-state index in [1.165, 1.54) is 31.3 Å². The average Bonchev–Trinajstić information content (AvgIpc) is 2.17. The van der Waals surface area contributed by atoms with Crippen LogP contribution in [0.2, 0.25) is 0 Å². The zero-order valence-electron chi connectivity index (χ0n) is 12.2. The molecule has 0 bridgehead atoms. The normalized spacial score (nSPS) is 16.6. The lowest BCUT2D eigenvalue weighted by atomic mass is 9.82. The summed E-state index contributed by atoms with van der Waals surface area (Å²) in [5, 5.41) is 0. The zero-order chi connectivity index (χ0) is 12.6. The van der Waals surface area contributed by atoms with Crippen molar-refractivity contribution in [2.45, 2.75) is 67.2 Å². The second-order valence-electron chi connectivity index (χ2n) is 5.51. The third-order valence-electron chi connectivity index (χ3n) is 3.36. The molecular weight excluding hydrogens is 192 g/mol. The van der Waals surface area contributed by atoms with Gasteiger partial charge in [0.05, 0.1) is 0 Å². The molecule has 0 spiro atoms. The Morgan fingerprint density at radius 3 is 2.00 bits per heavy atom. The van der Waals surface area contributed by atoms with Gasteiger partial charge >= 0.3 is 0 Å². The fourth-order valence-corrected chi connectivity index (χ4v) is 2.29. The van der Waals surface area contributed by atoms with Crippen molar-refractivity contribution in [2.75, 3.05) is 0 Å². The van der Waals surface area contributed by atoms with Crippen LogP contribution in [0, 0.1) is 24.2 Å². The third-order valence-corrected chi connectivity index (χ3v) is 3.36. The quantitative estimate of drug-likeness (QED) is 0.467. The molecule has 0 fully saturated rings. The van der Waals surface area contributed by atoms with Crippen LogP contribution in [0.1, 0.15) is 67.2 Å². The van der Waals surface area contributed by atoms with Gasteiger partial charge in [-0.25, -0.2) is 0 Å². The highest BCUT2D eigenvalue weighted by atomic mass is 14.2. The Balaban J connectivity index is 4.21. The maximum atomic E-state index is 2.57. The van der Waals surface area contributed by atoms with Crippen LogP contribution in [0.3, 0.4) is 0 Å². The first-order valence-corrected chi connectivity index (χ1v) is 7.01. The van der Waals surface area contributed by atoms with Gasteiger partial charge in [0, 0.05) is 0 Å². The van der Waals surface area contributed by atoms with Gasteiger partial charge in [0.25, 0.3) is 0 Å². The van der Waals surface area contributed by atoms with Crippen molar-refractivity contribution in [3.8, 4) is 0 Å². The fourth-order valence-electron chi connectivity index (χ4n) is 2.29. The molecule has 0 aliphatic heterocycles. The number of hydrogen-bond donors (Lipinski definition) is 0. The molecule has 0 aromatic carbocycles. The molecule has 0 heterocycles. The second-order valence-corrected chi connectivity index (χ2v) is 5.51. The molecule has 0 aromatic heterocycles. The van der Waals surface area contributed by atoms with Crippen LogP contribution in [-0.2, 0) is 0 Å². The molecule has 0 nitrogen and oxygen atoms in total. The molecule has 3 atom stereocenters. The number of rotatable bonds is 8. The molecular formula is C16H31. The highest BCUT2D eigenvalue weighted by molar-refractivity contribution is 5.03. The van der Waals surface area contributed by atoms with Crippen molar-refractivity contribution < 1.29 is 0 Å². The van der Waals surface area contributed by atoms with E-state index in [-0.39, 0.29) is 0 Å². The van der Waals surface area contributed by atoms with Crippen molar-refractivity contribution in [3.05, 3.63) is 18.1 Å². The average molecular weight is 223 g/mol. The molecule has 16 heavy (non-hydrogen) atoms. The second kappa shape index (κ2) is 8.84. The van der Waals surface area contributed by atoms with Gasteiger partial charge in [0.2, 0.25) is 0 Å². The lowest BCUT2D eigenvalue weighted by molar-refractivity contribution is 0.375. The number of allylic oxidation sites excluding steroid dienone is 2. The topological polar surface area (TPSA) is 0 Å². The predicted octanol–water partition coefficient (Wildman–Crippen LogP) is 5.65. The Hall–Kier alpha value is -0.260. The van der Waals surface area contributed by atoms with Gasteiger partial charge < -0.3 is 0 Å². The molecule has 0 N–H and O–H groups in total. The van der Waals surface area contributed by atoms with Gasteiger partial charge in [-0.15, -0.1) is 0 Å². The van der Waals surface area contributed by atoms with E-state index in [2.05, 4.69) is 54.0 Å².